The van der Waals surface area contributed by atoms with Crippen LogP contribution >= 0.6 is 11.6 Å². The molecule has 0 aliphatic heterocycles. The van der Waals surface area contributed by atoms with Gasteiger partial charge in [-0.1, -0.05) is 77.1 Å². The first-order chi connectivity index (χ1) is 14.9. The summed E-state index contributed by atoms with van der Waals surface area (Å²) in [7, 11) is 0. The molecule has 5 nitrogen and oxygen atoms in total. The molecule has 0 atom stereocenters. The number of nitrogens with two attached hydrogens (primary N) is 1. The number of rotatable bonds is 6. The van der Waals surface area contributed by atoms with Gasteiger partial charge >= 0.3 is 0 Å². The maximum Gasteiger partial charge on any atom is 0.143 e. The van der Waals surface area contributed by atoms with Gasteiger partial charge in [-0.25, -0.2) is 0 Å². The van der Waals surface area contributed by atoms with Gasteiger partial charge in [0.05, 0.1) is 5.69 Å². The first-order valence-corrected chi connectivity index (χ1v) is 11.3. The third-order valence-electron chi connectivity index (χ3n) is 5.32. The summed E-state index contributed by atoms with van der Waals surface area (Å²) in [6, 6.07) is 12.4. The summed E-state index contributed by atoms with van der Waals surface area (Å²) in [4.78, 5) is 0. The summed E-state index contributed by atoms with van der Waals surface area (Å²) >= 11 is 6.00. The molecule has 1 heterocycles. The van der Waals surface area contributed by atoms with Crippen LogP contribution in [0, 0.1) is 5.92 Å². The highest BCUT2D eigenvalue weighted by Gasteiger charge is 2.25. The summed E-state index contributed by atoms with van der Waals surface area (Å²) in [5.74, 6) is 1.92. The van der Waals surface area contributed by atoms with E-state index in [1.54, 1.807) is 11.0 Å². The Balaban J connectivity index is 0.000000224. The van der Waals surface area contributed by atoms with Gasteiger partial charge in [0, 0.05) is 17.1 Å². The zero-order valence-electron chi connectivity index (χ0n) is 18.8. The Morgan fingerprint density at radius 3 is 2.44 bits per heavy atom. The average molecular weight is 454 g/mol. The van der Waals surface area contributed by atoms with Crippen LogP contribution in [0.1, 0.15) is 82.1 Å². The molecular weight excluding hydrogens is 418 g/mol. The van der Waals surface area contributed by atoms with E-state index >= 15 is 0 Å². The second-order valence-electron chi connectivity index (χ2n) is 8.65. The van der Waals surface area contributed by atoms with Gasteiger partial charge in [-0.05, 0) is 75.9 Å². The molecule has 1 aromatic heterocycles. The molecule has 1 fully saturated rings. The van der Waals surface area contributed by atoms with Crippen LogP contribution in [-0.2, 0) is 6.54 Å². The summed E-state index contributed by atoms with van der Waals surface area (Å²) in [6.45, 7) is 9.42. The number of hydrogen-bond donors (Lipinski definition) is 1. The Bertz CT molecular complexity index is 1010. The van der Waals surface area contributed by atoms with Gasteiger partial charge in [-0.2, -0.15) is 4.68 Å². The van der Waals surface area contributed by atoms with Crippen molar-refractivity contribution in [1.29, 1.82) is 0 Å². The largest absolute Gasteiger partial charge is 0.326 e. The van der Waals surface area contributed by atoms with E-state index in [0.717, 1.165) is 17.2 Å². The van der Waals surface area contributed by atoms with Crippen molar-refractivity contribution in [2.45, 2.75) is 66.3 Å². The highest BCUT2D eigenvalue weighted by molar-refractivity contribution is 6.30. The Labute approximate surface area is 197 Å². The maximum atomic E-state index is 6.00. The van der Waals surface area contributed by atoms with E-state index in [1.807, 2.05) is 24.3 Å². The molecule has 1 aliphatic rings. The predicted molar refractivity (Wildman–Crippen MR) is 135 cm³/mol. The molecule has 1 saturated carbocycles. The maximum absolute atomic E-state index is 6.00. The third kappa shape index (κ3) is 7.01. The Hall–Kier alpha value is -2.50. The van der Waals surface area contributed by atoms with Crippen molar-refractivity contribution in [3.8, 4) is 5.69 Å². The minimum atomic E-state index is 0. The molecule has 0 unspecified atom stereocenters. The molecule has 6 heteroatoms. The molecule has 4 rings (SSSR count). The molecule has 0 radical (unpaired) electrons. The Morgan fingerprint density at radius 1 is 1.12 bits per heavy atom. The van der Waals surface area contributed by atoms with E-state index in [1.165, 1.54) is 29.5 Å². The number of benzene rings is 2. The lowest BCUT2D eigenvalue weighted by atomic mass is 9.95. The minimum absolute atomic E-state index is 0. The molecule has 1 aliphatic carbocycles. The SMILES string of the molecule is C.CC(C)/C=C/c1cc(Cl)ccc1-n1cnnn1.CC(C)c1ccc(CN)c(C2CC2)c1. The van der Waals surface area contributed by atoms with Gasteiger partial charge in [0.2, 0.25) is 0 Å². The zero-order chi connectivity index (χ0) is 22.4. The second-order valence-corrected chi connectivity index (χ2v) is 9.09. The average Bonchev–Trinajstić information content (AvgIpc) is 3.46. The zero-order valence-corrected chi connectivity index (χ0v) is 19.5. The van der Waals surface area contributed by atoms with Crippen molar-refractivity contribution >= 4 is 17.7 Å². The fourth-order valence-corrected chi connectivity index (χ4v) is 3.55. The lowest BCUT2D eigenvalue weighted by molar-refractivity contribution is 0.787. The number of hydrogen-bond acceptors (Lipinski definition) is 4. The van der Waals surface area contributed by atoms with Crippen molar-refractivity contribution in [3.05, 3.63) is 76.1 Å². The normalized spacial score (nSPS) is 13.2. The van der Waals surface area contributed by atoms with Gasteiger partial charge in [0.1, 0.15) is 6.33 Å². The third-order valence-corrected chi connectivity index (χ3v) is 5.55. The quantitative estimate of drug-likeness (QED) is 0.447. The molecule has 32 heavy (non-hydrogen) atoms. The lowest BCUT2D eigenvalue weighted by Crippen LogP contribution is -2.02. The van der Waals surface area contributed by atoms with Gasteiger partial charge in [0.25, 0.3) is 0 Å². The van der Waals surface area contributed by atoms with Crippen LogP contribution in [0.2, 0.25) is 5.02 Å². The van der Waals surface area contributed by atoms with Crippen molar-refractivity contribution in [3.63, 3.8) is 0 Å². The van der Waals surface area contributed by atoms with Crippen molar-refractivity contribution < 1.29 is 0 Å². The van der Waals surface area contributed by atoms with E-state index in [-0.39, 0.29) is 7.43 Å². The summed E-state index contributed by atoms with van der Waals surface area (Å²) < 4.78 is 1.62. The molecule has 0 spiro atoms. The van der Waals surface area contributed by atoms with E-state index in [9.17, 15) is 0 Å². The van der Waals surface area contributed by atoms with Crippen LogP contribution < -0.4 is 5.73 Å². The highest BCUT2D eigenvalue weighted by Crippen LogP contribution is 2.42. The molecule has 2 aromatic carbocycles. The van der Waals surface area contributed by atoms with Crippen LogP contribution in [0.3, 0.4) is 0 Å². The molecular formula is C26H36ClN5. The number of tetrazole rings is 1. The highest BCUT2D eigenvalue weighted by atomic mass is 35.5. The molecule has 3 aromatic rings. The number of halogens is 1. The van der Waals surface area contributed by atoms with Gasteiger partial charge in [0.15, 0.2) is 0 Å². The smallest absolute Gasteiger partial charge is 0.143 e. The van der Waals surface area contributed by atoms with Gasteiger partial charge < -0.3 is 5.73 Å². The number of aromatic nitrogens is 4. The van der Waals surface area contributed by atoms with Gasteiger partial charge in [-0.15, -0.1) is 5.10 Å². The monoisotopic (exact) mass is 453 g/mol. The lowest BCUT2D eigenvalue weighted by Gasteiger charge is -2.11. The number of allylic oxidation sites excluding steroid dienone is 1. The molecule has 0 amide bonds. The Kier molecular flexibility index (Phi) is 9.60. The number of nitrogens with zero attached hydrogens (tertiary/aromatic N) is 4. The Morgan fingerprint density at radius 2 is 1.88 bits per heavy atom. The first kappa shape index (κ1) is 25.8. The van der Waals surface area contributed by atoms with E-state index in [2.05, 4.69) is 67.5 Å². The van der Waals surface area contributed by atoms with Crippen molar-refractivity contribution in [2.75, 3.05) is 0 Å². The fraction of sp³-hybridized carbons (Fsp3) is 0.423. The molecule has 2 N–H and O–H groups in total. The van der Waals surface area contributed by atoms with Crippen LogP contribution in [0.5, 0.6) is 0 Å². The van der Waals surface area contributed by atoms with Crippen molar-refractivity contribution in [1.82, 2.24) is 20.2 Å². The minimum Gasteiger partial charge on any atom is -0.326 e. The van der Waals surface area contributed by atoms with E-state index in [4.69, 9.17) is 17.3 Å². The van der Waals surface area contributed by atoms with Crippen LogP contribution in [0.15, 0.2) is 48.8 Å². The summed E-state index contributed by atoms with van der Waals surface area (Å²) in [5.41, 5.74) is 12.0. The van der Waals surface area contributed by atoms with E-state index in [0.29, 0.717) is 23.4 Å². The molecule has 0 saturated heterocycles. The predicted octanol–water partition coefficient (Wildman–Crippen LogP) is 6.77. The standard InChI is InChI=1S/C13H19N.C12H13ClN4.CH4/c1-9(2)11-5-6-12(8-14)13(7-11)10-3-4-10;1-9(2)3-4-10-7-11(13)5-6-12(10)17-8-14-15-16-17;/h5-7,9-10H,3-4,8,14H2,1-2H3;3-9H,1-2H3;1H4/b;4-3+;. The van der Waals surface area contributed by atoms with Crippen LogP contribution in [0.4, 0.5) is 0 Å². The van der Waals surface area contributed by atoms with Crippen LogP contribution in [-0.4, -0.2) is 20.2 Å². The molecule has 172 valence electrons. The first-order valence-electron chi connectivity index (χ1n) is 10.9. The van der Waals surface area contributed by atoms with Crippen LogP contribution in [0.25, 0.3) is 11.8 Å². The summed E-state index contributed by atoms with van der Waals surface area (Å²) in [5, 5.41) is 11.8. The second kappa shape index (κ2) is 11.9. The fourth-order valence-electron chi connectivity index (χ4n) is 3.37. The van der Waals surface area contributed by atoms with Crippen molar-refractivity contribution in [2.24, 2.45) is 11.7 Å². The summed E-state index contributed by atoms with van der Waals surface area (Å²) in [6.07, 6.45) is 8.42. The van der Waals surface area contributed by atoms with E-state index < -0.39 is 0 Å². The topological polar surface area (TPSA) is 69.6 Å². The van der Waals surface area contributed by atoms with Gasteiger partial charge in [-0.3, -0.25) is 0 Å². The molecule has 0 bridgehead atoms.